The second-order valence-corrected chi connectivity index (χ2v) is 6.85. The van der Waals surface area contributed by atoms with Gasteiger partial charge in [-0.2, -0.15) is 0 Å². The largest absolute Gasteiger partial charge is 0.452 e. The van der Waals surface area contributed by atoms with Crippen molar-refractivity contribution in [3.05, 3.63) is 35.9 Å². The maximum atomic E-state index is 12.7. The SMILES string of the molecule is C[C@H]1CC(=O)Nc2ccccc2N1C(=O)COC(=O)C=C1CCCCC1. The van der Waals surface area contributed by atoms with Crippen LogP contribution in [-0.4, -0.2) is 30.4 Å². The monoisotopic (exact) mass is 356 g/mol. The van der Waals surface area contributed by atoms with E-state index in [0.717, 1.165) is 31.3 Å². The van der Waals surface area contributed by atoms with Crippen molar-refractivity contribution in [2.24, 2.45) is 0 Å². The van der Waals surface area contributed by atoms with Gasteiger partial charge >= 0.3 is 5.97 Å². The summed E-state index contributed by atoms with van der Waals surface area (Å²) >= 11 is 0. The zero-order chi connectivity index (χ0) is 18.5. The molecular formula is C20H24N2O4. The molecule has 0 unspecified atom stereocenters. The van der Waals surface area contributed by atoms with Crippen molar-refractivity contribution in [2.45, 2.75) is 51.5 Å². The number of anilines is 2. The van der Waals surface area contributed by atoms with Gasteiger partial charge in [-0.25, -0.2) is 4.79 Å². The van der Waals surface area contributed by atoms with E-state index in [4.69, 9.17) is 4.74 Å². The van der Waals surface area contributed by atoms with Crippen LogP contribution in [0.25, 0.3) is 0 Å². The highest BCUT2D eigenvalue weighted by Crippen LogP contribution is 2.31. The minimum atomic E-state index is -0.472. The summed E-state index contributed by atoms with van der Waals surface area (Å²) in [5, 5.41) is 2.81. The first-order valence-electron chi connectivity index (χ1n) is 9.12. The average molecular weight is 356 g/mol. The average Bonchev–Trinajstić information content (AvgIpc) is 2.75. The van der Waals surface area contributed by atoms with Crippen molar-refractivity contribution >= 4 is 29.2 Å². The first kappa shape index (κ1) is 18.2. The number of carbonyl (C=O) groups is 3. The van der Waals surface area contributed by atoms with Gasteiger partial charge in [-0.15, -0.1) is 0 Å². The normalized spacial score (nSPS) is 19.9. The van der Waals surface area contributed by atoms with Crippen molar-refractivity contribution in [1.29, 1.82) is 0 Å². The molecule has 6 heteroatoms. The van der Waals surface area contributed by atoms with E-state index in [1.54, 1.807) is 18.2 Å². The smallest absolute Gasteiger partial charge is 0.331 e. The van der Waals surface area contributed by atoms with E-state index < -0.39 is 5.97 Å². The number of amides is 2. The summed E-state index contributed by atoms with van der Waals surface area (Å²) in [7, 11) is 0. The molecule has 0 spiro atoms. The Morgan fingerprint density at radius 2 is 1.96 bits per heavy atom. The third-order valence-electron chi connectivity index (χ3n) is 4.78. The minimum absolute atomic E-state index is 0.140. The van der Waals surface area contributed by atoms with Gasteiger partial charge in [0.1, 0.15) is 0 Å². The Hall–Kier alpha value is -2.63. The van der Waals surface area contributed by atoms with Crippen LogP contribution in [0.5, 0.6) is 0 Å². The van der Waals surface area contributed by atoms with Gasteiger partial charge in [0.2, 0.25) is 5.91 Å². The molecule has 0 bridgehead atoms. The van der Waals surface area contributed by atoms with Gasteiger partial charge in [0.05, 0.1) is 11.4 Å². The lowest BCUT2D eigenvalue weighted by atomic mass is 9.95. The standard InChI is InChI=1S/C20H24N2O4/c1-14-11-18(23)21-16-9-5-6-10-17(16)22(14)19(24)13-26-20(25)12-15-7-3-2-4-8-15/h5-6,9-10,12,14H,2-4,7-8,11,13H2,1H3,(H,21,23)/t14-/m0/s1. The van der Waals surface area contributed by atoms with Crippen LogP contribution in [0.4, 0.5) is 11.4 Å². The maximum absolute atomic E-state index is 12.7. The number of allylic oxidation sites excluding steroid dienone is 1. The number of para-hydroxylation sites is 2. The van der Waals surface area contributed by atoms with Crippen LogP contribution in [0.3, 0.4) is 0 Å². The van der Waals surface area contributed by atoms with E-state index in [2.05, 4.69) is 5.32 Å². The Kier molecular flexibility index (Phi) is 5.71. The van der Waals surface area contributed by atoms with Crippen molar-refractivity contribution in [1.82, 2.24) is 0 Å². The fourth-order valence-corrected chi connectivity index (χ4v) is 3.53. The van der Waals surface area contributed by atoms with E-state index >= 15 is 0 Å². The Bertz CT molecular complexity index is 733. The van der Waals surface area contributed by atoms with Gasteiger partial charge in [0.15, 0.2) is 6.61 Å². The molecule has 1 atom stereocenters. The summed E-state index contributed by atoms with van der Waals surface area (Å²) in [4.78, 5) is 38.2. The van der Waals surface area contributed by atoms with Crippen LogP contribution >= 0.6 is 0 Å². The van der Waals surface area contributed by atoms with Crippen LogP contribution in [0.1, 0.15) is 45.4 Å². The fourth-order valence-electron chi connectivity index (χ4n) is 3.53. The molecule has 1 fully saturated rings. The number of rotatable bonds is 3. The molecule has 3 rings (SSSR count). The lowest BCUT2D eigenvalue weighted by Crippen LogP contribution is -2.41. The Labute approximate surface area is 153 Å². The summed E-state index contributed by atoms with van der Waals surface area (Å²) in [6.07, 6.45) is 6.96. The van der Waals surface area contributed by atoms with Crippen molar-refractivity contribution in [2.75, 3.05) is 16.8 Å². The number of hydrogen-bond acceptors (Lipinski definition) is 4. The molecule has 2 amide bonds. The molecule has 1 N–H and O–H groups in total. The van der Waals surface area contributed by atoms with Crippen molar-refractivity contribution in [3.8, 4) is 0 Å². The topological polar surface area (TPSA) is 75.7 Å². The zero-order valence-electron chi connectivity index (χ0n) is 15.0. The molecule has 0 saturated heterocycles. The predicted molar refractivity (Wildman–Crippen MR) is 98.8 cm³/mol. The molecule has 1 heterocycles. The lowest BCUT2D eigenvalue weighted by Gasteiger charge is -2.27. The lowest BCUT2D eigenvalue weighted by molar-refractivity contribution is -0.143. The highest BCUT2D eigenvalue weighted by molar-refractivity contribution is 6.05. The molecule has 26 heavy (non-hydrogen) atoms. The van der Waals surface area contributed by atoms with Crippen molar-refractivity contribution in [3.63, 3.8) is 0 Å². The quantitative estimate of drug-likeness (QED) is 0.667. The summed E-state index contributed by atoms with van der Waals surface area (Å²) in [5.41, 5.74) is 2.31. The molecule has 6 nitrogen and oxygen atoms in total. The molecule has 1 aliphatic carbocycles. The molecule has 1 saturated carbocycles. The summed E-state index contributed by atoms with van der Waals surface area (Å²) < 4.78 is 5.18. The van der Waals surface area contributed by atoms with Gasteiger partial charge in [-0.3, -0.25) is 9.59 Å². The Morgan fingerprint density at radius 3 is 2.73 bits per heavy atom. The summed E-state index contributed by atoms with van der Waals surface area (Å²) in [6, 6.07) is 6.82. The fraction of sp³-hybridized carbons (Fsp3) is 0.450. The first-order chi connectivity index (χ1) is 12.5. The number of esters is 1. The summed E-state index contributed by atoms with van der Waals surface area (Å²) in [5.74, 6) is -0.948. The first-order valence-corrected chi connectivity index (χ1v) is 9.12. The summed E-state index contributed by atoms with van der Waals surface area (Å²) in [6.45, 7) is 1.47. The van der Waals surface area contributed by atoms with Gasteiger partial charge in [0, 0.05) is 18.5 Å². The van der Waals surface area contributed by atoms with Crippen LogP contribution in [-0.2, 0) is 19.1 Å². The number of benzene rings is 1. The number of nitrogens with zero attached hydrogens (tertiary/aromatic N) is 1. The van der Waals surface area contributed by atoms with Gasteiger partial charge in [-0.1, -0.05) is 24.1 Å². The second-order valence-electron chi connectivity index (χ2n) is 6.85. The van der Waals surface area contributed by atoms with E-state index in [1.807, 2.05) is 13.0 Å². The highest BCUT2D eigenvalue weighted by atomic mass is 16.5. The molecule has 1 aliphatic heterocycles. The second kappa shape index (κ2) is 8.17. The molecular weight excluding hydrogens is 332 g/mol. The highest BCUT2D eigenvalue weighted by Gasteiger charge is 2.29. The zero-order valence-corrected chi connectivity index (χ0v) is 15.0. The van der Waals surface area contributed by atoms with Crippen LogP contribution in [0, 0.1) is 0 Å². The van der Waals surface area contributed by atoms with Crippen LogP contribution in [0.2, 0.25) is 0 Å². The molecule has 138 valence electrons. The third kappa shape index (κ3) is 4.31. The molecule has 1 aromatic carbocycles. The van der Waals surface area contributed by atoms with Crippen molar-refractivity contribution < 1.29 is 19.1 Å². The number of hydrogen-bond donors (Lipinski definition) is 1. The maximum Gasteiger partial charge on any atom is 0.331 e. The number of carbonyl (C=O) groups excluding carboxylic acids is 3. The number of ether oxygens (including phenoxy) is 1. The molecule has 2 aliphatic rings. The molecule has 0 aromatic heterocycles. The predicted octanol–water partition coefficient (Wildman–Crippen LogP) is 3.18. The van der Waals surface area contributed by atoms with Gasteiger partial charge in [0.25, 0.3) is 5.91 Å². The number of nitrogens with one attached hydrogen (secondary N) is 1. The van der Waals surface area contributed by atoms with Gasteiger partial charge < -0.3 is 15.0 Å². The van der Waals surface area contributed by atoms with E-state index in [0.29, 0.717) is 11.4 Å². The Balaban J connectivity index is 1.68. The molecule has 1 aromatic rings. The third-order valence-corrected chi connectivity index (χ3v) is 4.78. The molecule has 0 radical (unpaired) electrons. The van der Waals surface area contributed by atoms with E-state index in [1.165, 1.54) is 17.4 Å². The van der Waals surface area contributed by atoms with E-state index in [9.17, 15) is 14.4 Å². The van der Waals surface area contributed by atoms with Crippen LogP contribution < -0.4 is 10.2 Å². The minimum Gasteiger partial charge on any atom is -0.452 e. The number of fused-ring (bicyclic) bond motifs is 1. The van der Waals surface area contributed by atoms with Gasteiger partial charge in [-0.05, 0) is 44.7 Å². The Morgan fingerprint density at radius 1 is 1.23 bits per heavy atom. The van der Waals surface area contributed by atoms with Crippen LogP contribution in [0.15, 0.2) is 35.9 Å². The van der Waals surface area contributed by atoms with E-state index in [-0.39, 0.29) is 30.9 Å².